The van der Waals surface area contributed by atoms with Crippen LogP contribution in [0.25, 0.3) is 6.08 Å². The van der Waals surface area contributed by atoms with Crippen LogP contribution in [0.5, 0.6) is 11.5 Å². The van der Waals surface area contributed by atoms with Gasteiger partial charge in [-0.15, -0.1) is 0 Å². The van der Waals surface area contributed by atoms with Gasteiger partial charge >= 0.3 is 0 Å². The second kappa shape index (κ2) is 7.93. The van der Waals surface area contributed by atoms with Gasteiger partial charge in [-0.2, -0.15) is 0 Å². The fraction of sp³-hybridized carbons (Fsp3) is 0.200. The van der Waals surface area contributed by atoms with E-state index < -0.39 is 0 Å². The van der Waals surface area contributed by atoms with Crippen molar-refractivity contribution in [1.82, 2.24) is 4.90 Å². The highest BCUT2D eigenvalue weighted by Crippen LogP contribution is 2.39. The summed E-state index contributed by atoms with van der Waals surface area (Å²) in [6.07, 6.45) is 1.80. The van der Waals surface area contributed by atoms with Crippen LogP contribution in [-0.4, -0.2) is 29.3 Å². The lowest BCUT2D eigenvalue weighted by molar-refractivity contribution is -0.123. The third-order valence-electron chi connectivity index (χ3n) is 4.22. The van der Waals surface area contributed by atoms with E-state index in [0.29, 0.717) is 20.7 Å². The Hall–Kier alpha value is -2.31. The molecule has 0 radical (unpaired) electrons. The summed E-state index contributed by atoms with van der Waals surface area (Å²) in [4.78, 5) is 15.2. The maximum absolute atomic E-state index is 13.0. The van der Waals surface area contributed by atoms with Gasteiger partial charge in [0.05, 0.1) is 25.2 Å². The van der Waals surface area contributed by atoms with Crippen LogP contribution in [0.2, 0.25) is 0 Å². The Labute approximate surface area is 162 Å². The zero-order valence-electron chi connectivity index (χ0n) is 14.8. The average molecular weight is 386 g/mol. The van der Waals surface area contributed by atoms with Crippen LogP contribution in [0.3, 0.4) is 0 Å². The van der Waals surface area contributed by atoms with Crippen molar-refractivity contribution in [3.05, 3.63) is 64.6 Å². The van der Waals surface area contributed by atoms with Gasteiger partial charge in [0.25, 0.3) is 5.91 Å². The average Bonchev–Trinajstić information content (AvgIpc) is 2.95. The minimum absolute atomic E-state index is 0.0961. The van der Waals surface area contributed by atoms with E-state index in [4.69, 9.17) is 21.7 Å². The summed E-state index contributed by atoms with van der Waals surface area (Å²) in [5.74, 6) is 1.28. The second-order valence-corrected chi connectivity index (χ2v) is 7.42. The van der Waals surface area contributed by atoms with Crippen molar-refractivity contribution in [3.63, 3.8) is 0 Å². The highest BCUT2D eigenvalue weighted by Gasteiger charge is 2.36. The number of benzene rings is 2. The van der Waals surface area contributed by atoms with E-state index in [0.717, 1.165) is 11.1 Å². The SMILES string of the molecule is COc1ccc(OC)c(/C=C2\SC(=S)N([C@@H](C)c3ccccc3)C2=O)c1. The molecule has 1 amide bonds. The zero-order chi connectivity index (χ0) is 18.7. The maximum Gasteiger partial charge on any atom is 0.266 e. The Kier molecular flexibility index (Phi) is 5.64. The molecular weight excluding hydrogens is 366 g/mol. The lowest BCUT2D eigenvalue weighted by atomic mass is 10.1. The van der Waals surface area contributed by atoms with E-state index in [1.54, 1.807) is 25.2 Å². The highest BCUT2D eigenvalue weighted by molar-refractivity contribution is 8.26. The Morgan fingerprint density at radius 3 is 2.50 bits per heavy atom. The van der Waals surface area contributed by atoms with Crippen LogP contribution >= 0.6 is 24.0 Å². The molecule has 1 saturated heterocycles. The number of hydrogen-bond donors (Lipinski definition) is 0. The summed E-state index contributed by atoms with van der Waals surface area (Å²) in [5.41, 5.74) is 1.82. The Morgan fingerprint density at radius 1 is 1.12 bits per heavy atom. The molecule has 134 valence electrons. The first kappa shape index (κ1) is 18.5. The lowest BCUT2D eigenvalue weighted by Gasteiger charge is -2.23. The quantitative estimate of drug-likeness (QED) is 0.553. The van der Waals surface area contributed by atoms with Gasteiger partial charge in [-0.1, -0.05) is 54.3 Å². The van der Waals surface area contributed by atoms with Crippen molar-refractivity contribution in [3.8, 4) is 11.5 Å². The predicted octanol–water partition coefficient (Wildman–Crippen LogP) is 4.67. The molecule has 1 aliphatic heterocycles. The number of hydrogen-bond acceptors (Lipinski definition) is 5. The summed E-state index contributed by atoms with van der Waals surface area (Å²) < 4.78 is 11.2. The van der Waals surface area contributed by atoms with E-state index in [-0.39, 0.29) is 11.9 Å². The third-order valence-corrected chi connectivity index (χ3v) is 5.55. The molecule has 26 heavy (non-hydrogen) atoms. The van der Waals surface area contributed by atoms with Crippen LogP contribution in [0.15, 0.2) is 53.4 Å². The summed E-state index contributed by atoms with van der Waals surface area (Å²) in [7, 11) is 3.20. The van der Waals surface area contributed by atoms with Crippen LogP contribution in [0, 0.1) is 0 Å². The number of ether oxygens (including phenoxy) is 2. The number of carbonyl (C=O) groups is 1. The summed E-state index contributed by atoms with van der Waals surface area (Å²) in [6, 6.07) is 15.2. The van der Waals surface area contributed by atoms with Gasteiger partial charge in [-0.25, -0.2) is 0 Å². The number of methoxy groups -OCH3 is 2. The Balaban J connectivity index is 1.93. The van der Waals surface area contributed by atoms with Gasteiger partial charge < -0.3 is 9.47 Å². The first-order valence-corrected chi connectivity index (χ1v) is 9.31. The number of amides is 1. The number of carbonyl (C=O) groups excluding carboxylic acids is 1. The predicted molar refractivity (Wildman–Crippen MR) is 109 cm³/mol. The molecule has 1 atom stereocenters. The summed E-state index contributed by atoms with van der Waals surface area (Å²) in [5, 5.41) is 0. The van der Waals surface area contributed by atoms with Crippen molar-refractivity contribution >= 4 is 40.3 Å². The van der Waals surface area contributed by atoms with Gasteiger partial charge in [0, 0.05) is 5.56 Å². The molecule has 1 aliphatic rings. The smallest absolute Gasteiger partial charge is 0.266 e. The minimum Gasteiger partial charge on any atom is -0.497 e. The molecule has 0 bridgehead atoms. The second-order valence-electron chi connectivity index (χ2n) is 5.75. The molecule has 4 nitrogen and oxygen atoms in total. The molecule has 0 aliphatic carbocycles. The topological polar surface area (TPSA) is 38.8 Å². The summed E-state index contributed by atoms with van der Waals surface area (Å²) in [6.45, 7) is 1.98. The van der Waals surface area contributed by atoms with E-state index >= 15 is 0 Å². The van der Waals surface area contributed by atoms with Crippen LogP contribution in [-0.2, 0) is 4.79 Å². The molecule has 2 aromatic rings. The minimum atomic E-state index is -0.123. The fourth-order valence-corrected chi connectivity index (χ4v) is 4.20. The normalized spacial score (nSPS) is 16.9. The van der Waals surface area contributed by atoms with Crippen LogP contribution < -0.4 is 9.47 Å². The van der Waals surface area contributed by atoms with Gasteiger partial charge in [-0.05, 0) is 36.8 Å². The van der Waals surface area contributed by atoms with Crippen molar-refractivity contribution < 1.29 is 14.3 Å². The Bertz CT molecular complexity index is 865. The largest absolute Gasteiger partial charge is 0.497 e. The molecule has 2 aromatic carbocycles. The number of thioether (sulfide) groups is 1. The van der Waals surface area contributed by atoms with Crippen molar-refractivity contribution in [2.45, 2.75) is 13.0 Å². The van der Waals surface area contributed by atoms with Gasteiger partial charge in [0.15, 0.2) is 0 Å². The van der Waals surface area contributed by atoms with Crippen molar-refractivity contribution in [2.24, 2.45) is 0 Å². The first-order valence-electron chi connectivity index (χ1n) is 8.09. The van der Waals surface area contributed by atoms with Gasteiger partial charge in [-0.3, -0.25) is 9.69 Å². The van der Waals surface area contributed by atoms with Gasteiger partial charge in [0.1, 0.15) is 15.8 Å². The molecule has 6 heteroatoms. The maximum atomic E-state index is 13.0. The molecule has 0 spiro atoms. The molecule has 0 saturated carbocycles. The monoisotopic (exact) mass is 385 g/mol. The van der Waals surface area contributed by atoms with E-state index in [2.05, 4.69) is 0 Å². The molecule has 1 fully saturated rings. The zero-order valence-corrected chi connectivity index (χ0v) is 16.4. The third kappa shape index (κ3) is 3.61. The Morgan fingerprint density at radius 2 is 1.85 bits per heavy atom. The fourth-order valence-electron chi connectivity index (χ4n) is 2.79. The van der Waals surface area contributed by atoms with Crippen molar-refractivity contribution in [1.29, 1.82) is 0 Å². The van der Waals surface area contributed by atoms with E-state index in [9.17, 15) is 4.79 Å². The van der Waals surface area contributed by atoms with Crippen LogP contribution in [0.1, 0.15) is 24.1 Å². The van der Waals surface area contributed by atoms with Crippen molar-refractivity contribution in [2.75, 3.05) is 14.2 Å². The molecule has 0 unspecified atom stereocenters. The molecule has 1 heterocycles. The molecule has 0 aromatic heterocycles. The standard InChI is InChI=1S/C20H19NO3S2/c1-13(14-7-5-4-6-8-14)21-19(22)18(26-20(21)25)12-15-11-16(23-2)9-10-17(15)24-3/h4-13H,1-3H3/b18-12-/t13-/m0/s1. The number of rotatable bonds is 5. The van der Waals surface area contributed by atoms with E-state index in [1.165, 1.54) is 11.8 Å². The molecule has 3 rings (SSSR count). The summed E-state index contributed by atoms with van der Waals surface area (Å²) >= 11 is 6.77. The number of thiocarbonyl (C=S) groups is 1. The van der Waals surface area contributed by atoms with E-state index in [1.807, 2.05) is 55.5 Å². The van der Waals surface area contributed by atoms with Gasteiger partial charge in [0.2, 0.25) is 0 Å². The lowest BCUT2D eigenvalue weighted by Crippen LogP contribution is -2.30. The highest BCUT2D eigenvalue weighted by atomic mass is 32.2. The number of nitrogens with zero attached hydrogens (tertiary/aromatic N) is 1. The van der Waals surface area contributed by atoms with Crippen LogP contribution in [0.4, 0.5) is 0 Å². The molecule has 0 N–H and O–H groups in total. The first-order chi connectivity index (χ1) is 12.5. The molecular formula is C20H19NO3S2.